The molecule has 13 heterocycles. The molecule has 13 rings (SSSR count). The Morgan fingerprint density at radius 1 is 0.159 bits per heavy atom. The highest BCUT2D eigenvalue weighted by atomic mass is 32.2. The molecule has 0 spiro atoms. The van der Waals surface area contributed by atoms with E-state index in [1.54, 1.807) is 0 Å². The first-order valence-electron chi connectivity index (χ1n) is 21.9. The summed E-state index contributed by atoms with van der Waals surface area (Å²) < 4.78 is 24.3. The lowest BCUT2D eigenvalue weighted by Gasteiger charge is -2.31. The Labute approximate surface area is 457 Å². The minimum atomic E-state index is -3.01. The van der Waals surface area contributed by atoms with Crippen LogP contribution >= 0.6 is 147 Å². The Morgan fingerprint density at radius 2 is 0.290 bits per heavy atom. The van der Waals surface area contributed by atoms with Crippen molar-refractivity contribution in [3.05, 3.63) is 212 Å². The average molecular weight is 1190 g/mol. The fourth-order valence-corrected chi connectivity index (χ4v) is 63.7. The van der Waals surface area contributed by atoms with E-state index >= 15 is 0 Å². The summed E-state index contributed by atoms with van der Waals surface area (Å²) in [5.41, 5.74) is 0. The molecule has 0 amide bonds. The summed E-state index contributed by atoms with van der Waals surface area (Å²) >= 11 is 25.9. The first-order valence-corrected chi connectivity index (χ1v) is 41.2. The lowest BCUT2D eigenvalue weighted by molar-refractivity contribution is 1.94. The Bertz CT molecular complexity index is 3000. The molecule has 0 unspecified atom stereocenters. The van der Waals surface area contributed by atoms with E-state index < -0.39 is 32.3 Å². The van der Waals surface area contributed by atoms with E-state index in [-0.39, 0.29) is 0 Å². The molecule has 0 fully saturated rings. The average Bonchev–Trinajstić information content (AvgIpc) is 4.21. The molecule has 0 atom stereocenters. The highest BCUT2D eigenvalue weighted by Gasteiger charge is 2.54. The first kappa shape index (κ1) is 45.8. The Morgan fingerprint density at radius 3 is 0.406 bits per heavy atom. The van der Waals surface area contributed by atoms with E-state index in [2.05, 4.69) is 246 Å². The molecule has 0 aliphatic rings. The van der Waals surface area contributed by atoms with Crippen molar-refractivity contribution < 1.29 is 0 Å². The van der Waals surface area contributed by atoms with E-state index in [0.29, 0.717) is 0 Å². The van der Waals surface area contributed by atoms with Gasteiger partial charge in [-0.15, -0.1) is 0 Å². The molecule has 0 radical (unpaired) electrons. The number of hydrogen-bond donors (Lipinski definition) is 0. The van der Waals surface area contributed by atoms with Gasteiger partial charge < -0.3 is 0 Å². The summed E-state index contributed by atoms with van der Waals surface area (Å²) in [6.45, 7) is 0. The summed E-state index contributed by atoms with van der Waals surface area (Å²) in [4.78, 5) is 0. The summed E-state index contributed by atoms with van der Waals surface area (Å²) in [6, 6.07) is 62.9. The predicted molar refractivity (Wildman–Crippen MR) is 333 cm³/mol. The summed E-state index contributed by atoms with van der Waals surface area (Å²) in [6.07, 6.45) is 0. The van der Waals surface area contributed by atoms with Gasteiger partial charge >= 0.3 is 0 Å². The minimum absolute atomic E-state index is 1.51. The van der Waals surface area contributed by atoms with Crippen LogP contribution in [0.4, 0.5) is 0 Å². The molecule has 0 aliphatic carbocycles. The largest absolute Gasteiger partial charge is 0.222 e. The van der Waals surface area contributed by atoms with Crippen LogP contribution in [0.5, 0.6) is 0 Å². The maximum absolute atomic E-state index is 3.01. The van der Waals surface area contributed by atoms with Gasteiger partial charge in [0, 0.05) is 72.0 Å². The van der Waals surface area contributed by atoms with E-state index in [4.69, 9.17) is 0 Å². The van der Waals surface area contributed by atoms with Crippen LogP contribution < -0.4 is 72.0 Å². The highest BCUT2D eigenvalue weighted by molar-refractivity contribution is 7.63. The zero-order chi connectivity index (χ0) is 45.9. The third-order valence-corrected chi connectivity index (χ3v) is 56.5. The molecular formula is C52H36S13Si4. The summed E-state index contributed by atoms with van der Waals surface area (Å²) in [5.74, 6) is 0. The van der Waals surface area contributed by atoms with Crippen molar-refractivity contribution in [3.63, 3.8) is 0 Å². The van der Waals surface area contributed by atoms with Gasteiger partial charge in [-0.1, -0.05) is 158 Å². The van der Waals surface area contributed by atoms with Crippen LogP contribution in [0.15, 0.2) is 212 Å². The fraction of sp³-hybridized carbons (Fsp3) is 0. The van der Waals surface area contributed by atoms with Gasteiger partial charge in [0.25, 0.3) is 0 Å². The van der Waals surface area contributed by atoms with E-state index in [1.165, 1.54) is 72.0 Å². The summed E-state index contributed by atoms with van der Waals surface area (Å²) in [7, 11) is -10.9. The summed E-state index contributed by atoms with van der Waals surface area (Å²) in [5, 5.41) is 23.0. The van der Waals surface area contributed by atoms with Crippen LogP contribution in [0, 0.1) is 0 Å². The number of thiophene rings is 13. The van der Waals surface area contributed by atoms with Crippen molar-refractivity contribution in [2.24, 2.45) is 0 Å². The Kier molecular flexibility index (Phi) is 12.7. The molecule has 69 heavy (non-hydrogen) atoms. The molecule has 13 aromatic heterocycles. The molecule has 17 heteroatoms. The lowest BCUT2D eigenvalue weighted by Crippen LogP contribution is -2.74. The molecule has 0 saturated heterocycles. The molecular weight excluding hydrogens is 1150 g/mol. The van der Waals surface area contributed by atoms with Gasteiger partial charge in [-0.2, -0.15) is 147 Å². The zero-order valence-corrected chi connectivity index (χ0v) is 50.7. The quantitative estimate of drug-likeness (QED) is 0.0862. The van der Waals surface area contributed by atoms with Gasteiger partial charge in [-0.3, -0.25) is 0 Å². The smallest absolute Gasteiger partial charge is 0.152 e. The first-order chi connectivity index (χ1) is 34.2. The standard InChI is InChI=1S/C52H36S13Si4/c1-11-37(53-27-1)66(38-12-2-28-54-38,39-13-3-29-55-39)47-21-24-50(63-47)69(46-20-10-36-62-46,51-25-22-48(64-51)67(40-14-4-30-56-40,41-15-5-31-57-41)42-16-6-32-58-42)52-26-23-49(65-52)68(43-17-7-33-59-43,44-18-8-34-60-44)45-19-9-35-61-45/h1-36H. The van der Waals surface area contributed by atoms with Gasteiger partial charge in [0.05, 0.1) is 0 Å². The molecule has 0 bridgehead atoms. The minimum Gasteiger partial charge on any atom is -0.152 e. The SMILES string of the molecule is c1csc([Si](c2cccs2)(c2cccs2)c2ccc([Si](c3cccs3)(c3ccc([Si](c4cccs4)(c4cccs4)c4cccs4)s3)c3ccc([Si](c4cccs4)(c4cccs4)c4cccs4)s3)s2)c1. The van der Waals surface area contributed by atoms with Crippen molar-refractivity contribution >= 4 is 252 Å². The number of rotatable bonds is 16. The Balaban J connectivity index is 1.12. The second-order valence-corrected chi connectivity index (χ2v) is 49.4. The van der Waals surface area contributed by atoms with Crippen molar-refractivity contribution in [2.75, 3.05) is 0 Å². The van der Waals surface area contributed by atoms with Crippen LogP contribution in [0.1, 0.15) is 0 Å². The van der Waals surface area contributed by atoms with Gasteiger partial charge in [0.15, 0.2) is 0 Å². The van der Waals surface area contributed by atoms with Gasteiger partial charge in [-0.25, -0.2) is 0 Å². The monoisotopic (exact) mass is 1190 g/mol. The Hall–Kier alpha value is -3.03. The van der Waals surface area contributed by atoms with E-state index in [1.807, 2.05) is 113 Å². The van der Waals surface area contributed by atoms with Crippen molar-refractivity contribution in [2.45, 2.75) is 0 Å². The van der Waals surface area contributed by atoms with Crippen molar-refractivity contribution in [1.82, 2.24) is 0 Å². The van der Waals surface area contributed by atoms with Crippen LogP contribution in [-0.4, -0.2) is 32.3 Å². The number of hydrogen-bond acceptors (Lipinski definition) is 13. The molecule has 0 nitrogen and oxygen atoms in total. The second-order valence-electron chi connectivity index (χ2n) is 16.3. The topological polar surface area (TPSA) is 0 Å². The maximum atomic E-state index is 2.62. The fourth-order valence-electron chi connectivity index (χ4n) is 10.1. The molecule has 13 aromatic rings. The predicted octanol–water partition coefficient (Wildman–Crippen LogP) is 8.00. The van der Waals surface area contributed by atoms with E-state index in [9.17, 15) is 0 Å². The van der Waals surface area contributed by atoms with Crippen LogP contribution in [-0.2, 0) is 0 Å². The third-order valence-electron chi connectivity index (χ3n) is 12.9. The van der Waals surface area contributed by atoms with E-state index in [0.717, 1.165) is 0 Å². The van der Waals surface area contributed by atoms with Crippen molar-refractivity contribution in [3.8, 4) is 0 Å². The second kappa shape index (κ2) is 19.1. The maximum Gasteiger partial charge on any atom is 0.222 e. The highest BCUT2D eigenvalue weighted by Crippen LogP contribution is 2.26. The normalized spacial score (nSPS) is 12.6. The van der Waals surface area contributed by atoms with Gasteiger partial charge in [0.2, 0.25) is 32.3 Å². The lowest BCUT2D eigenvalue weighted by atomic mass is 10.6. The molecule has 338 valence electrons. The van der Waals surface area contributed by atoms with Crippen LogP contribution in [0.25, 0.3) is 0 Å². The third kappa shape index (κ3) is 7.14. The van der Waals surface area contributed by atoms with Gasteiger partial charge in [0.1, 0.15) is 0 Å². The molecule has 0 aliphatic heterocycles. The van der Waals surface area contributed by atoms with Gasteiger partial charge in [-0.05, 0) is 53.8 Å². The molecule has 0 aromatic carbocycles. The van der Waals surface area contributed by atoms with Crippen LogP contribution in [0.2, 0.25) is 0 Å². The molecule has 0 N–H and O–H groups in total. The molecule has 0 saturated carbocycles. The van der Waals surface area contributed by atoms with Crippen LogP contribution in [0.3, 0.4) is 0 Å². The van der Waals surface area contributed by atoms with Crippen molar-refractivity contribution in [1.29, 1.82) is 0 Å². The zero-order valence-electron chi connectivity index (χ0n) is 36.1.